The average Bonchev–Trinajstić information content (AvgIpc) is 2.72. The van der Waals surface area contributed by atoms with E-state index in [0.717, 1.165) is 6.07 Å². The Kier molecular flexibility index (Phi) is 7.79. The summed E-state index contributed by atoms with van der Waals surface area (Å²) in [4.78, 5) is 20.4. The molecule has 31 heavy (non-hydrogen) atoms. The third-order valence-electron chi connectivity index (χ3n) is 4.25. The van der Waals surface area contributed by atoms with Crippen molar-refractivity contribution in [3.05, 3.63) is 41.5 Å². The summed E-state index contributed by atoms with van der Waals surface area (Å²) >= 11 is 0. The first-order valence-electron chi connectivity index (χ1n) is 9.40. The molecule has 0 spiro atoms. The molecule has 0 unspecified atom stereocenters. The highest BCUT2D eigenvalue weighted by atomic mass is 19.1. The highest BCUT2D eigenvalue weighted by molar-refractivity contribution is 5.99. The number of pyridine rings is 2. The van der Waals surface area contributed by atoms with Gasteiger partial charge in [-0.25, -0.2) is 18.7 Å². The van der Waals surface area contributed by atoms with E-state index >= 15 is 0 Å². The predicted octanol–water partition coefficient (Wildman–Crippen LogP) is 1.86. The number of amides is 1. The molecule has 2 aromatic heterocycles. The summed E-state index contributed by atoms with van der Waals surface area (Å²) in [6.07, 6.45) is 0.697. The number of halogens is 2. The number of nitriles is 1. The maximum Gasteiger partial charge on any atom is 0.255 e. The van der Waals surface area contributed by atoms with E-state index in [9.17, 15) is 23.8 Å². The van der Waals surface area contributed by atoms with Crippen molar-refractivity contribution in [2.24, 2.45) is 0 Å². The monoisotopic (exact) mass is 434 g/mol. The quantitative estimate of drug-likeness (QED) is 0.402. The number of anilines is 3. The van der Waals surface area contributed by atoms with E-state index in [-0.39, 0.29) is 35.1 Å². The van der Waals surface area contributed by atoms with Crippen molar-refractivity contribution in [2.45, 2.75) is 38.6 Å². The number of aromatic nitrogens is 2. The summed E-state index contributed by atoms with van der Waals surface area (Å²) in [5, 5.41) is 35.8. The summed E-state index contributed by atoms with van der Waals surface area (Å²) < 4.78 is 28.0. The third kappa shape index (κ3) is 6.56. The van der Waals surface area contributed by atoms with Gasteiger partial charge >= 0.3 is 0 Å². The number of aliphatic hydroxyl groups excluding tert-OH is 1. The Hall–Kier alpha value is -3.36. The van der Waals surface area contributed by atoms with Crippen molar-refractivity contribution in [1.82, 2.24) is 15.3 Å². The van der Waals surface area contributed by atoms with Crippen molar-refractivity contribution in [3.8, 4) is 6.07 Å². The molecule has 9 nitrogen and oxygen atoms in total. The maximum absolute atomic E-state index is 14.1. The van der Waals surface area contributed by atoms with Gasteiger partial charge in [0, 0.05) is 24.5 Å². The molecule has 0 aliphatic heterocycles. The largest absolute Gasteiger partial charge is 0.394 e. The lowest BCUT2D eigenvalue weighted by molar-refractivity contribution is -0.00177. The number of carbonyl (C=O) groups is 1. The summed E-state index contributed by atoms with van der Waals surface area (Å²) in [7, 11) is 0. The molecule has 166 valence electrons. The van der Waals surface area contributed by atoms with Gasteiger partial charge in [0.15, 0.2) is 11.6 Å². The molecule has 5 N–H and O–H groups in total. The van der Waals surface area contributed by atoms with E-state index in [4.69, 9.17) is 5.26 Å². The molecule has 1 amide bonds. The molecule has 2 aromatic rings. The summed E-state index contributed by atoms with van der Waals surface area (Å²) in [5.41, 5.74) is -1.25. The van der Waals surface area contributed by atoms with Crippen LogP contribution in [-0.4, -0.2) is 57.1 Å². The highest BCUT2D eigenvalue weighted by Gasteiger charge is 2.27. The second kappa shape index (κ2) is 10.1. The molecule has 0 radical (unpaired) electrons. The lowest BCUT2D eigenvalue weighted by atomic mass is 10.0. The highest BCUT2D eigenvalue weighted by Crippen LogP contribution is 2.23. The van der Waals surface area contributed by atoms with E-state index < -0.39 is 36.1 Å². The number of hydrogen-bond acceptors (Lipinski definition) is 8. The van der Waals surface area contributed by atoms with Crippen LogP contribution in [-0.2, 0) is 0 Å². The molecule has 0 fully saturated rings. The number of rotatable bonds is 9. The van der Waals surface area contributed by atoms with E-state index in [0.29, 0.717) is 0 Å². The Bertz CT molecular complexity index is 974. The maximum atomic E-state index is 14.1. The minimum atomic E-state index is -1.69. The Morgan fingerprint density at radius 3 is 2.61 bits per heavy atom. The normalized spacial score (nSPS) is 13.1. The van der Waals surface area contributed by atoms with Crippen LogP contribution in [0.1, 0.15) is 36.7 Å². The molecule has 0 aromatic carbocycles. The zero-order valence-corrected chi connectivity index (χ0v) is 17.3. The van der Waals surface area contributed by atoms with Crippen LogP contribution in [0.25, 0.3) is 0 Å². The fraction of sp³-hybridized carbons (Fsp3) is 0.400. The number of nitrogens with zero attached hydrogens (tertiary/aromatic N) is 3. The topological polar surface area (TPSA) is 143 Å². The van der Waals surface area contributed by atoms with Crippen LogP contribution in [0.3, 0.4) is 0 Å². The summed E-state index contributed by atoms with van der Waals surface area (Å²) in [6.45, 7) is 3.60. The van der Waals surface area contributed by atoms with Crippen LogP contribution in [0.2, 0.25) is 0 Å². The number of alkyl halides is 1. The number of nitrogens with one attached hydrogen (secondary N) is 3. The van der Waals surface area contributed by atoms with Gasteiger partial charge in [0.2, 0.25) is 0 Å². The SMILES string of the molecule is C[C@@H](CO)Nc1cc(Nc2ncc(C#N)cc2F)ncc1C(=O)NC[C@@H](F)C(C)(C)O. The summed E-state index contributed by atoms with van der Waals surface area (Å²) in [5.74, 6) is -1.45. The standard InChI is InChI=1S/C20H24F2N6O3/c1-11(10-29)27-15-5-17(28-18-14(21)4-12(6-23)7-25-18)24-8-13(15)19(30)26-9-16(22)20(2,3)31/h4-5,7-8,11,16,29,31H,9-10H2,1-3H3,(H,26,30)(H2,24,25,27,28)/t11-,16+/m0/s1. The Labute approximate surface area is 178 Å². The van der Waals surface area contributed by atoms with E-state index in [1.165, 1.54) is 32.3 Å². The van der Waals surface area contributed by atoms with Crippen LogP contribution in [0.15, 0.2) is 24.5 Å². The minimum Gasteiger partial charge on any atom is -0.394 e. The van der Waals surface area contributed by atoms with E-state index in [1.54, 1.807) is 13.0 Å². The van der Waals surface area contributed by atoms with Crippen molar-refractivity contribution in [2.75, 3.05) is 23.8 Å². The Morgan fingerprint density at radius 1 is 1.32 bits per heavy atom. The second-order valence-corrected chi connectivity index (χ2v) is 7.47. The molecule has 0 aliphatic rings. The molecule has 11 heteroatoms. The first-order valence-corrected chi connectivity index (χ1v) is 9.40. The fourth-order valence-electron chi connectivity index (χ4n) is 2.37. The van der Waals surface area contributed by atoms with Gasteiger partial charge in [0.25, 0.3) is 5.91 Å². The Balaban J connectivity index is 2.27. The van der Waals surface area contributed by atoms with E-state index in [1.807, 2.05) is 0 Å². The molecule has 0 bridgehead atoms. The van der Waals surface area contributed by atoms with Gasteiger partial charge in [-0.3, -0.25) is 4.79 Å². The van der Waals surface area contributed by atoms with E-state index in [2.05, 4.69) is 25.9 Å². The number of carbonyl (C=O) groups excluding carboxylic acids is 1. The van der Waals surface area contributed by atoms with Crippen molar-refractivity contribution >= 4 is 23.2 Å². The zero-order chi connectivity index (χ0) is 23.2. The zero-order valence-electron chi connectivity index (χ0n) is 17.3. The molecular formula is C20H24F2N6O3. The van der Waals surface area contributed by atoms with Gasteiger partial charge in [0.05, 0.1) is 35.6 Å². The minimum absolute atomic E-state index is 0.0550. The predicted molar refractivity (Wildman–Crippen MR) is 110 cm³/mol. The molecular weight excluding hydrogens is 410 g/mol. The van der Waals surface area contributed by atoms with Crippen molar-refractivity contribution in [1.29, 1.82) is 5.26 Å². The van der Waals surface area contributed by atoms with Crippen molar-refractivity contribution < 1.29 is 23.8 Å². The molecule has 0 saturated carbocycles. The van der Waals surface area contributed by atoms with Gasteiger partial charge in [-0.1, -0.05) is 0 Å². The summed E-state index contributed by atoms with van der Waals surface area (Å²) in [6, 6.07) is 3.77. The first-order chi connectivity index (χ1) is 14.5. The van der Waals surface area contributed by atoms with Gasteiger partial charge in [-0.15, -0.1) is 0 Å². The van der Waals surface area contributed by atoms with Gasteiger partial charge in [-0.2, -0.15) is 5.26 Å². The fourth-order valence-corrected chi connectivity index (χ4v) is 2.37. The van der Waals surface area contributed by atoms with Crippen LogP contribution >= 0.6 is 0 Å². The molecule has 2 heterocycles. The average molecular weight is 434 g/mol. The number of aliphatic hydroxyl groups is 2. The molecule has 2 atom stereocenters. The van der Waals surface area contributed by atoms with Crippen LogP contribution < -0.4 is 16.0 Å². The smallest absolute Gasteiger partial charge is 0.255 e. The molecule has 0 saturated heterocycles. The van der Waals surface area contributed by atoms with Crippen LogP contribution in [0, 0.1) is 17.1 Å². The number of hydrogen-bond donors (Lipinski definition) is 5. The molecule has 0 aliphatic carbocycles. The van der Waals surface area contributed by atoms with Crippen molar-refractivity contribution in [3.63, 3.8) is 0 Å². The molecule has 2 rings (SSSR count). The van der Waals surface area contributed by atoms with Gasteiger partial charge in [-0.05, 0) is 26.8 Å². The lowest BCUT2D eigenvalue weighted by Gasteiger charge is -2.23. The Morgan fingerprint density at radius 2 is 2.03 bits per heavy atom. The lowest BCUT2D eigenvalue weighted by Crippen LogP contribution is -2.42. The van der Waals surface area contributed by atoms with Gasteiger partial charge < -0.3 is 26.2 Å². The third-order valence-corrected chi connectivity index (χ3v) is 4.25. The second-order valence-electron chi connectivity index (χ2n) is 7.47. The van der Waals surface area contributed by atoms with Crippen LogP contribution in [0.5, 0.6) is 0 Å². The first kappa shape index (κ1) is 23.9. The van der Waals surface area contributed by atoms with Gasteiger partial charge in [0.1, 0.15) is 18.1 Å². The van der Waals surface area contributed by atoms with Crippen LogP contribution in [0.4, 0.5) is 26.1 Å².